The summed E-state index contributed by atoms with van der Waals surface area (Å²) in [5.41, 5.74) is 0.960. The highest BCUT2D eigenvalue weighted by molar-refractivity contribution is 6.10. The zero-order valence-corrected chi connectivity index (χ0v) is 17.4. The fourth-order valence-corrected chi connectivity index (χ4v) is 4.12. The lowest BCUT2D eigenvalue weighted by atomic mass is 9.74. The van der Waals surface area contributed by atoms with Gasteiger partial charge in [-0.05, 0) is 30.7 Å². The number of pyridine rings is 2. The van der Waals surface area contributed by atoms with Crippen molar-refractivity contribution in [1.82, 2.24) is 14.9 Å². The van der Waals surface area contributed by atoms with Crippen LogP contribution in [-0.4, -0.2) is 65.1 Å². The Morgan fingerprint density at radius 1 is 0.935 bits per heavy atom. The number of aliphatic hydroxyl groups is 1. The number of hydrogen-bond acceptors (Lipinski definition) is 9. The Labute approximate surface area is 180 Å². The van der Waals surface area contributed by atoms with Crippen LogP contribution >= 0.6 is 0 Å². The number of carbonyl (C=O) groups is 3. The number of ether oxygens (including phenoxy) is 2. The van der Waals surface area contributed by atoms with Gasteiger partial charge in [0, 0.05) is 25.5 Å². The first-order valence-electron chi connectivity index (χ1n) is 9.93. The fourth-order valence-electron chi connectivity index (χ4n) is 4.12. The molecular formula is C22H25N3O6. The molecule has 2 aromatic heterocycles. The van der Waals surface area contributed by atoms with Crippen molar-refractivity contribution in [3.8, 4) is 0 Å². The molecule has 0 amide bonds. The molecule has 9 nitrogen and oxygen atoms in total. The van der Waals surface area contributed by atoms with Crippen molar-refractivity contribution in [3.63, 3.8) is 0 Å². The molecule has 0 bridgehead atoms. The van der Waals surface area contributed by atoms with Gasteiger partial charge in [-0.25, -0.2) is 0 Å². The van der Waals surface area contributed by atoms with Crippen LogP contribution in [0, 0.1) is 11.8 Å². The summed E-state index contributed by atoms with van der Waals surface area (Å²) in [6.45, 7) is 0.174. The number of aliphatic hydroxyl groups excluding tert-OH is 1. The third-order valence-corrected chi connectivity index (χ3v) is 5.43. The van der Waals surface area contributed by atoms with Crippen LogP contribution in [0.25, 0.3) is 0 Å². The summed E-state index contributed by atoms with van der Waals surface area (Å²) >= 11 is 0. The third kappa shape index (κ3) is 4.47. The van der Waals surface area contributed by atoms with Gasteiger partial charge in [0.1, 0.15) is 11.8 Å². The van der Waals surface area contributed by atoms with E-state index in [2.05, 4.69) is 9.97 Å². The SMILES string of the molecule is COC(=O)C1C(=O)C(C(=O)OC)[C@H](c2ccccn2)N(CCCO)[C@@H]1c1ccccn1. The second kappa shape index (κ2) is 10.2. The number of esters is 2. The van der Waals surface area contributed by atoms with Crippen LogP contribution in [-0.2, 0) is 23.9 Å². The molecule has 0 aromatic carbocycles. The summed E-state index contributed by atoms with van der Waals surface area (Å²) in [4.78, 5) is 49.7. The van der Waals surface area contributed by atoms with E-state index in [1.165, 1.54) is 14.2 Å². The smallest absolute Gasteiger partial charge is 0.318 e. The number of methoxy groups -OCH3 is 2. The molecular weight excluding hydrogens is 402 g/mol. The molecule has 0 saturated carbocycles. The molecule has 0 spiro atoms. The first kappa shape index (κ1) is 22.5. The van der Waals surface area contributed by atoms with Crippen LogP contribution in [0.5, 0.6) is 0 Å². The van der Waals surface area contributed by atoms with E-state index < -0.39 is 41.6 Å². The number of carbonyl (C=O) groups excluding carboxylic acids is 3. The summed E-state index contributed by atoms with van der Waals surface area (Å²) in [5, 5.41) is 9.50. The van der Waals surface area contributed by atoms with E-state index in [0.717, 1.165) is 0 Å². The molecule has 1 N–H and O–H groups in total. The van der Waals surface area contributed by atoms with Crippen molar-refractivity contribution >= 4 is 17.7 Å². The highest BCUT2D eigenvalue weighted by Gasteiger charge is 2.56. The summed E-state index contributed by atoms with van der Waals surface area (Å²) in [5.74, 6) is -4.71. The Balaban J connectivity index is 2.24. The molecule has 9 heteroatoms. The number of rotatable bonds is 7. The summed E-state index contributed by atoms with van der Waals surface area (Å²) in [7, 11) is 2.39. The minimum atomic E-state index is -1.29. The van der Waals surface area contributed by atoms with Crippen molar-refractivity contribution in [2.75, 3.05) is 27.4 Å². The van der Waals surface area contributed by atoms with Gasteiger partial charge in [-0.15, -0.1) is 0 Å². The largest absolute Gasteiger partial charge is 0.468 e. The summed E-state index contributed by atoms with van der Waals surface area (Å²) in [6, 6.07) is 8.80. The lowest BCUT2D eigenvalue weighted by Gasteiger charge is -2.46. The number of ketones is 1. The van der Waals surface area contributed by atoms with Crippen molar-refractivity contribution in [1.29, 1.82) is 0 Å². The zero-order chi connectivity index (χ0) is 22.4. The standard InChI is InChI=1S/C22H25N3O6/c1-30-21(28)16-18(14-8-3-5-10-23-14)25(12-7-13-26)19(15-9-4-6-11-24-15)17(20(16)27)22(29)31-2/h3-6,8-11,16-19,26H,7,12-13H2,1-2H3/t16?,17?,18-,19+. The van der Waals surface area contributed by atoms with Crippen LogP contribution in [0.4, 0.5) is 0 Å². The van der Waals surface area contributed by atoms with Gasteiger partial charge >= 0.3 is 11.9 Å². The van der Waals surface area contributed by atoms with Crippen LogP contribution in [0.3, 0.4) is 0 Å². The second-order valence-electron chi connectivity index (χ2n) is 7.12. The quantitative estimate of drug-likeness (QED) is 0.512. The first-order valence-corrected chi connectivity index (χ1v) is 9.93. The van der Waals surface area contributed by atoms with E-state index in [0.29, 0.717) is 17.8 Å². The fraction of sp³-hybridized carbons (Fsp3) is 0.409. The Bertz CT molecular complexity index is 838. The van der Waals surface area contributed by atoms with Gasteiger partial charge in [-0.3, -0.25) is 29.3 Å². The number of piperidine rings is 1. The average molecular weight is 427 g/mol. The molecule has 1 aliphatic heterocycles. The zero-order valence-electron chi connectivity index (χ0n) is 17.4. The van der Waals surface area contributed by atoms with Gasteiger partial charge in [0.15, 0.2) is 5.78 Å². The maximum Gasteiger partial charge on any atom is 0.318 e. The molecule has 3 heterocycles. The average Bonchev–Trinajstić information content (AvgIpc) is 2.82. The number of Topliss-reactive ketones (excluding diaryl/α,β-unsaturated/α-hetero) is 1. The van der Waals surface area contributed by atoms with Crippen LogP contribution < -0.4 is 0 Å². The Morgan fingerprint density at radius 2 is 1.42 bits per heavy atom. The number of aromatic nitrogens is 2. The van der Waals surface area contributed by atoms with E-state index in [4.69, 9.17) is 9.47 Å². The van der Waals surface area contributed by atoms with E-state index in [9.17, 15) is 19.5 Å². The Morgan fingerprint density at radius 3 is 1.77 bits per heavy atom. The molecule has 3 rings (SSSR count). The van der Waals surface area contributed by atoms with Gasteiger partial charge in [-0.1, -0.05) is 12.1 Å². The van der Waals surface area contributed by atoms with E-state index in [-0.39, 0.29) is 13.2 Å². The van der Waals surface area contributed by atoms with E-state index in [1.807, 2.05) is 4.90 Å². The molecule has 2 unspecified atom stereocenters. The van der Waals surface area contributed by atoms with Crippen LogP contribution in [0.15, 0.2) is 48.8 Å². The minimum Gasteiger partial charge on any atom is -0.468 e. The van der Waals surface area contributed by atoms with Crippen molar-refractivity contribution in [2.24, 2.45) is 11.8 Å². The number of nitrogens with zero attached hydrogens (tertiary/aromatic N) is 3. The lowest BCUT2D eigenvalue weighted by Crippen LogP contribution is -2.56. The third-order valence-electron chi connectivity index (χ3n) is 5.43. The predicted molar refractivity (Wildman–Crippen MR) is 108 cm³/mol. The van der Waals surface area contributed by atoms with Crippen LogP contribution in [0.2, 0.25) is 0 Å². The Hall–Kier alpha value is -3.17. The monoisotopic (exact) mass is 427 g/mol. The number of likely N-dealkylation sites (tertiary alicyclic amines) is 1. The molecule has 0 aliphatic carbocycles. The molecule has 0 radical (unpaired) electrons. The normalized spacial score (nSPS) is 23.9. The van der Waals surface area contributed by atoms with Gasteiger partial charge in [0.2, 0.25) is 0 Å². The van der Waals surface area contributed by atoms with Crippen LogP contribution in [0.1, 0.15) is 29.9 Å². The van der Waals surface area contributed by atoms with Crippen molar-refractivity contribution in [2.45, 2.75) is 18.5 Å². The minimum absolute atomic E-state index is 0.111. The van der Waals surface area contributed by atoms with E-state index >= 15 is 0 Å². The molecule has 31 heavy (non-hydrogen) atoms. The van der Waals surface area contributed by atoms with Crippen molar-refractivity contribution < 1.29 is 29.0 Å². The first-order chi connectivity index (χ1) is 15.0. The highest BCUT2D eigenvalue weighted by Crippen LogP contribution is 2.46. The number of hydrogen-bond donors (Lipinski definition) is 1. The molecule has 2 aromatic rings. The molecule has 1 aliphatic rings. The second-order valence-corrected chi connectivity index (χ2v) is 7.12. The van der Waals surface area contributed by atoms with Gasteiger partial charge < -0.3 is 14.6 Å². The van der Waals surface area contributed by atoms with Gasteiger partial charge in [-0.2, -0.15) is 0 Å². The highest BCUT2D eigenvalue weighted by atomic mass is 16.5. The van der Waals surface area contributed by atoms with Gasteiger partial charge in [0.25, 0.3) is 0 Å². The maximum atomic E-state index is 13.6. The molecule has 1 fully saturated rings. The molecule has 164 valence electrons. The van der Waals surface area contributed by atoms with E-state index in [1.54, 1.807) is 48.8 Å². The molecule has 4 atom stereocenters. The summed E-state index contributed by atoms with van der Waals surface area (Å²) in [6.07, 6.45) is 3.49. The maximum absolute atomic E-state index is 13.6. The molecule has 1 saturated heterocycles. The lowest BCUT2D eigenvalue weighted by molar-refractivity contribution is -0.168. The van der Waals surface area contributed by atoms with Gasteiger partial charge in [0.05, 0.1) is 37.7 Å². The predicted octanol–water partition coefficient (Wildman–Crippen LogP) is 1.10. The Kier molecular flexibility index (Phi) is 7.43. The summed E-state index contributed by atoms with van der Waals surface area (Å²) < 4.78 is 9.87. The topological polar surface area (TPSA) is 119 Å². The van der Waals surface area contributed by atoms with Crippen molar-refractivity contribution in [3.05, 3.63) is 60.2 Å².